The van der Waals surface area contributed by atoms with Crippen molar-refractivity contribution in [3.8, 4) is 5.75 Å². The summed E-state index contributed by atoms with van der Waals surface area (Å²) < 4.78 is 1.89. The zero-order valence-corrected chi connectivity index (χ0v) is 14.9. The van der Waals surface area contributed by atoms with E-state index in [1.54, 1.807) is 25.1 Å². The van der Waals surface area contributed by atoms with Gasteiger partial charge in [-0.05, 0) is 24.6 Å². The van der Waals surface area contributed by atoms with Gasteiger partial charge in [-0.3, -0.25) is 19.4 Å². The Morgan fingerprint density at radius 1 is 1.04 bits per heavy atom. The number of fused-ring (bicyclic) bond motifs is 1. The lowest BCUT2D eigenvalue weighted by atomic mass is 10.1. The highest BCUT2D eigenvalue weighted by Crippen LogP contribution is 2.34. The Morgan fingerprint density at radius 3 is 2.37 bits per heavy atom. The molecule has 0 aliphatic carbocycles. The average Bonchev–Trinajstić information content (AvgIpc) is 2.92. The van der Waals surface area contributed by atoms with Gasteiger partial charge in [0.2, 0.25) is 0 Å². The van der Waals surface area contributed by atoms with Crippen LogP contribution in [0.4, 0.5) is 0 Å². The van der Waals surface area contributed by atoms with Gasteiger partial charge in [-0.25, -0.2) is 4.79 Å². The van der Waals surface area contributed by atoms with Gasteiger partial charge in [-0.2, -0.15) is 0 Å². The van der Waals surface area contributed by atoms with Crippen LogP contribution in [0.25, 0.3) is 10.9 Å². The van der Waals surface area contributed by atoms with Crippen molar-refractivity contribution >= 4 is 28.6 Å². The van der Waals surface area contributed by atoms with E-state index in [1.165, 1.54) is 6.92 Å². The number of carbonyl (C=O) groups is 3. The molecule has 27 heavy (non-hydrogen) atoms. The molecule has 0 saturated heterocycles. The van der Waals surface area contributed by atoms with E-state index in [9.17, 15) is 14.4 Å². The van der Waals surface area contributed by atoms with Crippen molar-refractivity contribution in [3.05, 3.63) is 65.4 Å². The minimum Gasteiger partial charge on any atom is -0.363 e. The van der Waals surface area contributed by atoms with Crippen molar-refractivity contribution in [3.63, 3.8) is 0 Å². The first-order valence-corrected chi connectivity index (χ1v) is 8.25. The van der Waals surface area contributed by atoms with Gasteiger partial charge in [-0.15, -0.1) is 0 Å². The summed E-state index contributed by atoms with van der Waals surface area (Å²) in [6.07, 6.45) is 0. The molecule has 0 radical (unpaired) electrons. The second-order valence-electron chi connectivity index (χ2n) is 6.03. The Labute approximate surface area is 155 Å². The Kier molecular flexibility index (Phi) is 4.94. The molecule has 0 bridgehead atoms. The molecule has 0 spiro atoms. The molecular formula is C20H18N2O5. The Hall–Kier alpha value is -3.61. The van der Waals surface area contributed by atoms with Crippen LogP contribution in [0, 0.1) is 6.92 Å². The molecule has 1 heterocycles. The normalized spacial score (nSPS) is 10.6. The van der Waals surface area contributed by atoms with E-state index < -0.39 is 17.7 Å². The van der Waals surface area contributed by atoms with Crippen LogP contribution in [0.15, 0.2) is 48.5 Å². The molecule has 0 aliphatic rings. The largest absolute Gasteiger partial charge is 0.363 e. The lowest BCUT2D eigenvalue weighted by molar-refractivity contribution is -0.210. The van der Waals surface area contributed by atoms with E-state index in [1.807, 2.05) is 34.9 Å². The van der Waals surface area contributed by atoms with Crippen molar-refractivity contribution in [2.24, 2.45) is 5.73 Å². The molecule has 0 saturated carbocycles. The number of hydrogen-bond acceptors (Lipinski definition) is 5. The summed E-state index contributed by atoms with van der Waals surface area (Å²) in [6.45, 7) is 3.41. The number of carbonyl (C=O) groups excluding carboxylic acids is 3. The summed E-state index contributed by atoms with van der Waals surface area (Å²) in [7, 11) is 0. The molecule has 0 unspecified atom stereocenters. The first-order valence-electron chi connectivity index (χ1n) is 8.25. The molecule has 138 valence electrons. The minimum absolute atomic E-state index is 0.135. The third kappa shape index (κ3) is 3.52. The zero-order valence-electron chi connectivity index (χ0n) is 14.9. The van der Waals surface area contributed by atoms with Gasteiger partial charge in [-0.1, -0.05) is 36.4 Å². The van der Waals surface area contributed by atoms with Crippen molar-refractivity contribution < 1.29 is 24.2 Å². The maximum Gasteiger partial charge on any atom is 0.352 e. The molecule has 0 atom stereocenters. The average molecular weight is 366 g/mol. The molecule has 7 nitrogen and oxygen atoms in total. The van der Waals surface area contributed by atoms with Crippen LogP contribution in [0.3, 0.4) is 0 Å². The smallest absolute Gasteiger partial charge is 0.352 e. The van der Waals surface area contributed by atoms with Gasteiger partial charge in [0, 0.05) is 19.2 Å². The summed E-state index contributed by atoms with van der Waals surface area (Å²) in [5, 5.41) is 0.371. The number of Topliss-reactive ketones (excluding diaryl/α,β-unsaturated/α-hetero) is 1. The fourth-order valence-electron chi connectivity index (χ4n) is 3.04. The third-order valence-corrected chi connectivity index (χ3v) is 4.19. The molecule has 0 aliphatic heterocycles. The summed E-state index contributed by atoms with van der Waals surface area (Å²) >= 11 is 0. The topological polar surface area (TPSA) is 101 Å². The highest BCUT2D eigenvalue weighted by atomic mass is 17.2. The number of aromatic nitrogens is 1. The number of rotatable bonds is 6. The Balaban J connectivity index is 2.23. The zero-order chi connectivity index (χ0) is 19.6. The molecule has 2 aromatic carbocycles. The molecule has 1 amide bonds. The predicted octanol–water partition coefficient (Wildman–Crippen LogP) is 2.52. The van der Waals surface area contributed by atoms with Gasteiger partial charge in [0.15, 0.2) is 5.75 Å². The van der Waals surface area contributed by atoms with Crippen LogP contribution in [0.2, 0.25) is 0 Å². The van der Waals surface area contributed by atoms with Gasteiger partial charge in [0.1, 0.15) is 0 Å². The van der Waals surface area contributed by atoms with Crippen LogP contribution in [-0.4, -0.2) is 22.2 Å². The van der Waals surface area contributed by atoms with Crippen LogP contribution in [-0.2, 0) is 21.0 Å². The van der Waals surface area contributed by atoms with E-state index in [4.69, 9.17) is 10.6 Å². The van der Waals surface area contributed by atoms with Gasteiger partial charge in [0.25, 0.3) is 11.7 Å². The fourth-order valence-corrected chi connectivity index (χ4v) is 3.04. The van der Waals surface area contributed by atoms with E-state index in [-0.39, 0.29) is 11.3 Å². The summed E-state index contributed by atoms with van der Waals surface area (Å²) in [6, 6.07) is 14.7. The Bertz CT molecular complexity index is 1040. The minimum atomic E-state index is -1.07. The number of ketones is 1. The molecule has 3 rings (SSSR count). The fraction of sp³-hybridized carbons (Fsp3) is 0.150. The Morgan fingerprint density at radius 2 is 1.74 bits per heavy atom. The lowest BCUT2D eigenvalue weighted by Gasteiger charge is -2.09. The second-order valence-corrected chi connectivity index (χ2v) is 6.03. The first kappa shape index (κ1) is 18.2. The first-order chi connectivity index (χ1) is 12.9. The van der Waals surface area contributed by atoms with Crippen molar-refractivity contribution in [1.82, 2.24) is 4.57 Å². The van der Waals surface area contributed by atoms with Crippen LogP contribution < -0.4 is 10.6 Å². The molecule has 0 fully saturated rings. The van der Waals surface area contributed by atoms with Gasteiger partial charge in [0.05, 0.1) is 16.5 Å². The predicted molar refractivity (Wildman–Crippen MR) is 98.1 cm³/mol. The highest BCUT2D eigenvalue weighted by molar-refractivity contribution is 6.45. The standard InChI is InChI=1S/C20H18N2O5/c1-12-17(19(24)20(21)25)18-15(9-6-10-16(18)27-26-13(2)23)22(12)11-14-7-4-3-5-8-14/h3-10H,11H2,1-2H3,(H2,21,25). The van der Waals surface area contributed by atoms with Crippen LogP contribution >= 0.6 is 0 Å². The number of primary amides is 1. The van der Waals surface area contributed by atoms with Crippen molar-refractivity contribution in [1.29, 1.82) is 0 Å². The lowest BCUT2D eigenvalue weighted by Crippen LogP contribution is -2.24. The monoisotopic (exact) mass is 366 g/mol. The number of benzene rings is 2. The SMILES string of the molecule is CC(=O)OOc1cccc2c1c(C(=O)C(N)=O)c(C)n2Cc1ccccc1. The second kappa shape index (κ2) is 7.33. The number of nitrogens with two attached hydrogens (primary N) is 1. The molecule has 3 aromatic rings. The molecule has 7 heteroatoms. The quantitative estimate of drug-likeness (QED) is 0.313. The molecular weight excluding hydrogens is 348 g/mol. The summed E-state index contributed by atoms with van der Waals surface area (Å²) in [5.74, 6) is -2.39. The third-order valence-electron chi connectivity index (χ3n) is 4.19. The van der Waals surface area contributed by atoms with E-state index in [0.29, 0.717) is 23.1 Å². The highest BCUT2D eigenvalue weighted by Gasteiger charge is 2.26. The van der Waals surface area contributed by atoms with E-state index >= 15 is 0 Å². The van der Waals surface area contributed by atoms with E-state index in [0.717, 1.165) is 5.56 Å². The molecule has 2 N–H and O–H groups in total. The maximum atomic E-state index is 12.5. The van der Waals surface area contributed by atoms with Gasteiger partial charge < -0.3 is 10.3 Å². The maximum absolute atomic E-state index is 12.5. The van der Waals surface area contributed by atoms with Crippen molar-refractivity contribution in [2.75, 3.05) is 0 Å². The van der Waals surface area contributed by atoms with Crippen LogP contribution in [0.5, 0.6) is 5.75 Å². The van der Waals surface area contributed by atoms with Crippen molar-refractivity contribution in [2.45, 2.75) is 20.4 Å². The summed E-state index contributed by atoms with van der Waals surface area (Å²) in [5.41, 5.74) is 7.61. The van der Waals surface area contributed by atoms with Gasteiger partial charge >= 0.3 is 5.97 Å². The number of nitrogens with zero attached hydrogens (tertiary/aromatic N) is 1. The number of amides is 1. The molecule has 1 aromatic heterocycles. The number of hydrogen-bond donors (Lipinski definition) is 1. The van der Waals surface area contributed by atoms with Crippen LogP contribution in [0.1, 0.15) is 28.5 Å². The van der Waals surface area contributed by atoms with E-state index in [2.05, 4.69) is 4.89 Å². The summed E-state index contributed by atoms with van der Waals surface area (Å²) in [4.78, 5) is 44.9.